The first-order valence-electron chi connectivity index (χ1n) is 14.3. The number of likely N-dealkylation sites (tertiary alicyclic amines) is 1. The molecule has 6 rings (SSSR count). The number of amides is 1. The van der Waals surface area contributed by atoms with Gasteiger partial charge in [0.25, 0.3) is 0 Å². The Kier molecular flexibility index (Phi) is 6.16. The second kappa shape index (κ2) is 9.15. The standard InChI is InChI=1S/C30H44N2O2/c1-20-5-3-16-32(20)17-4-18-34-23-9-11-24-21(19-23)6-10-26-25(24)12-14-30(2)15-13-27(28(26)30)29(33)31-22-7-8-22/h9,11,19-20,22,25-28H,3-8,10,12-18H2,1-2H3,(H,31,33)/t20-,25-,26-,27+,28-,30-/m1/s1. The Morgan fingerprint density at radius 3 is 2.79 bits per heavy atom. The van der Waals surface area contributed by atoms with E-state index in [-0.39, 0.29) is 5.92 Å². The highest BCUT2D eigenvalue weighted by molar-refractivity contribution is 5.80. The Hall–Kier alpha value is -1.55. The number of aryl methyl sites for hydroxylation is 1. The average Bonchev–Trinajstić information content (AvgIpc) is 3.43. The lowest BCUT2D eigenvalue weighted by Gasteiger charge is -2.50. The van der Waals surface area contributed by atoms with Crippen LogP contribution in [0.15, 0.2) is 18.2 Å². The molecule has 4 fully saturated rings. The van der Waals surface area contributed by atoms with Crippen LogP contribution in [0.25, 0.3) is 0 Å². The molecule has 1 amide bonds. The van der Waals surface area contributed by atoms with Crippen molar-refractivity contribution in [2.24, 2.45) is 23.2 Å². The highest BCUT2D eigenvalue weighted by Crippen LogP contribution is 2.62. The van der Waals surface area contributed by atoms with Crippen molar-refractivity contribution in [3.8, 4) is 5.75 Å². The first-order valence-corrected chi connectivity index (χ1v) is 14.3. The van der Waals surface area contributed by atoms with E-state index in [2.05, 4.69) is 42.3 Å². The third-order valence-corrected chi connectivity index (χ3v) is 10.3. The van der Waals surface area contributed by atoms with Gasteiger partial charge in [0.2, 0.25) is 5.91 Å². The van der Waals surface area contributed by atoms with Gasteiger partial charge in [0.05, 0.1) is 6.61 Å². The predicted octanol–water partition coefficient (Wildman–Crippen LogP) is 5.69. The fourth-order valence-corrected chi connectivity index (χ4v) is 8.33. The summed E-state index contributed by atoms with van der Waals surface area (Å²) in [6, 6.07) is 8.15. The molecule has 1 aromatic rings. The lowest BCUT2D eigenvalue weighted by molar-refractivity contribution is -0.128. The first-order chi connectivity index (χ1) is 16.5. The monoisotopic (exact) mass is 464 g/mol. The van der Waals surface area contributed by atoms with Crippen LogP contribution in [-0.2, 0) is 11.2 Å². The SMILES string of the molecule is C[C@@H]1CCCN1CCCOc1ccc2c(c1)CC[C@H]1[C@@H]3[C@@H](C(=O)NC4CC4)CC[C@@]3(C)CC[C@H]21. The zero-order chi connectivity index (χ0) is 23.3. The number of benzene rings is 1. The summed E-state index contributed by atoms with van der Waals surface area (Å²) >= 11 is 0. The van der Waals surface area contributed by atoms with Crippen LogP contribution in [0.2, 0.25) is 0 Å². The second-order valence-electron chi connectivity index (χ2n) is 12.5. The number of rotatable bonds is 7. The number of carbonyl (C=O) groups is 1. The van der Waals surface area contributed by atoms with Gasteiger partial charge in [0.1, 0.15) is 5.75 Å². The van der Waals surface area contributed by atoms with Gasteiger partial charge in [0, 0.05) is 24.5 Å². The van der Waals surface area contributed by atoms with Crippen molar-refractivity contribution < 1.29 is 9.53 Å². The third kappa shape index (κ3) is 4.29. The smallest absolute Gasteiger partial charge is 0.223 e. The van der Waals surface area contributed by atoms with Gasteiger partial charge in [-0.1, -0.05) is 13.0 Å². The van der Waals surface area contributed by atoms with E-state index in [0.29, 0.717) is 35.1 Å². The van der Waals surface area contributed by atoms with Gasteiger partial charge < -0.3 is 15.0 Å². The van der Waals surface area contributed by atoms with Crippen LogP contribution in [0.1, 0.15) is 95.1 Å². The molecule has 1 N–H and O–H groups in total. The molecule has 1 heterocycles. The Labute approximate surface area is 206 Å². The van der Waals surface area contributed by atoms with Crippen LogP contribution in [-0.4, -0.2) is 42.6 Å². The van der Waals surface area contributed by atoms with Crippen molar-refractivity contribution >= 4 is 5.91 Å². The number of carbonyl (C=O) groups excluding carboxylic acids is 1. The molecular weight excluding hydrogens is 420 g/mol. The molecule has 0 unspecified atom stereocenters. The maximum Gasteiger partial charge on any atom is 0.223 e. The molecule has 5 aliphatic rings. The van der Waals surface area contributed by atoms with E-state index in [9.17, 15) is 4.79 Å². The summed E-state index contributed by atoms with van der Waals surface area (Å²) < 4.78 is 6.20. The fraction of sp³-hybridized carbons (Fsp3) is 0.767. The second-order valence-corrected chi connectivity index (χ2v) is 12.5. The summed E-state index contributed by atoms with van der Waals surface area (Å²) in [5.41, 5.74) is 3.43. The summed E-state index contributed by atoms with van der Waals surface area (Å²) in [6.45, 7) is 8.07. The molecule has 1 saturated heterocycles. The summed E-state index contributed by atoms with van der Waals surface area (Å²) in [4.78, 5) is 15.8. The first kappa shape index (κ1) is 22.9. The normalized spacial score (nSPS) is 37.1. The molecule has 0 radical (unpaired) electrons. The van der Waals surface area contributed by atoms with Crippen LogP contribution in [0, 0.1) is 23.2 Å². The van der Waals surface area contributed by atoms with Gasteiger partial charge in [0.15, 0.2) is 0 Å². The quantitative estimate of drug-likeness (QED) is 0.527. The van der Waals surface area contributed by atoms with Gasteiger partial charge in [-0.15, -0.1) is 0 Å². The molecular formula is C30H44N2O2. The molecule has 34 heavy (non-hydrogen) atoms. The minimum atomic E-state index is 0.237. The van der Waals surface area contributed by atoms with E-state index in [0.717, 1.165) is 44.2 Å². The van der Waals surface area contributed by atoms with Crippen LogP contribution >= 0.6 is 0 Å². The molecule has 0 spiro atoms. The zero-order valence-corrected chi connectivity index (χ0v) is 21.4. The molecule has 4 heteroatoms. The number of hydrogen-bond donors (Lipinski definition) is 1. The predicted molar refractivity (Wildman–Crippen MR) is 136 cm³/mol. The minimum absolute atomic E-state index is 0.237. The van der Waals surface area contributed by atoms with Crippen molar-refractivity contribution in [2.45, 2.75) is 102 Å². The Bertz CT molecular complexity index is 911. The van der Waals surface area contributed by atoms with E-state index >= 15 is 0 Å². The maximum atomic E-state index is 13.2. The molecule has 0 bridgehead atoms. The molecule has 1 aliphatic heterocycles. The van der Waals surface area contributed by atoms with Crippen molar-refractivity contribution in [1.82, 2.24) is 10.2 Å². The Balaban J connectivity index is 1.11. The molecule has 3 saturated carbocycles. The van der Waals surface area contributed by atoms with Crippen molar-refractivity contribution in [3.05, 3.63) is 29.3 Å². The maximum absolute atomic E-state index is 13.2. The van der Waals surface area contributed by atoms with Gasteiger partial charge in [-0.05, 0) is 131 Å². The number of nitrogens with zero attached hydrogens (tertiary/aromatic N) is 1. The fourth-order valence-electron chi connectivity index (χ4n) is 8.33. The lowest BCUT2D eigenvalue weighted by Crippen LogP contribution is -2.46. The molecule has 4 nitrogen and oxygen atoms in total. The van der Waals surface area contributed by atoms with E-state index in [1.165, 1.54) is 63.5 Å². The summed E-state index contributed by atoms with van der Waals surface area (Å²) in [7, 11) is 0. The minimum Gasteiger partial charge on any atom is -0.494 e. The average molecular weight is 465 g/mol. The lowest BCUT2D eigenvalue weighted by atomic mass is 9.54. The number of hydrogen-bond acceptors (Lipinski definition) is 3. The number of ether oxygens (including phenoxy) is 1. The van der Waals surface area contributed by atoms with Gasteiger partial charge in [-0.2, -0.15) is 0 Å². The molecule has 1 aromatic carbocycles. The van der Waals surface area contributed by atoms with Gasteiger partial charge >= 0.3 is 0 Å². The molecule has 6 atom stereocenters. The zero-order valence-electron chi connectivity index (χ0n) is 21.4. The summed E-state index contributed by atoms with van der Waals surface area (Å²) in [5, 5.41) is 3.35. The Morgan fingerprint density at radius 1 is 1.15 bits per heavy atom. The van der Waals surface area contributed by atoms with Crippen LogP contribution in [0.4, 0.5) is 0 Å². The van der Waals surface area contributed by atoms with Crippen molar-refractivity contribution in [3.63, 3.8) is 0 Å². The highest BCUT2D eigenvalue weighted by atomic mass is 16.5. The third-order valence-electron chi connectivity index (χ3n) is 10.3. The summed E-state index contributed by atoms with van der Waals surface area (Å²) in [5.74, 6) is 3.51. The largest absolute Gasteiger partial charge is 0.494 e. The van der Waals surface area contributed by atoms with Crippen LogP contribution in [0.3, 0.4) is 0 Å². The molecule has 0 aromatic heterocycles. The summed E-state index contributed by atoms with van der Waals surface area (Å²) in [6.07, 6.45) is 13.4. The molecule has 186 valence electrons. The van der Waals surface area contributed by atoms with E-state index < -0.39 is 0 Å². The number of nitrogens with one attached hydrogen (secondary N) is 1. The van der Waals surface area contributed by atoms with E-state index in [1.807, 2.05) is 0 Å². The van der Waals surface area contributed by atoms with Crippen LogP contribution < -0.4 is 10.1 Å². The molecule has 4 aliphatic carbocycles. The van der Waals surface area contributed by atoms with Gasteiger partial charge in [-0.3, -0.25) is 4.79 Å². The van der Waals surface area contributed by atoms with Gasteiger partial charge in [-0.25, -0.2) is 0 Å². The topological polar surface area (TPSA) is 41.6 Å². The highest BCUT2D eigenvalue weighted by Gasteiger charge is 2.56. The van der Waals surface area contributed by atoms with E-state index in [1.54, 1.807) is 5.56 Å². The van der Waals surface area contributed by atoms with Crippen molar-refractivity contribution in [2.75, 3.05) is 19.7 Å². The Morgan fingerprint density at radius 2 is 2.00 bits per heavy atom. The van der Waals surface area contributed by atoms with E-state index in [4.69, 9.17) is 4.74 Å². The van der Waals surface area contributed by atoms with Crippen molar-refractivity contribution in [1.29, 1.82) is 0 Å². The number of fused-ring (bicyclic) bond motifs is 5. The van der Waals surface area contributed by atoms with Crippen LogP contribution in [0.5, 0.6) is 5.75 Å².